The van der Waals surface area contributed by atoms with Gasteiger partial charge in [0.15, 0.2) is 0 Å². The quantitative estimate of drug-likeness (QED) is 0.364. The number of hydrogen-bond donors (Lipinski definition) is 2. The molecule has 0 aromatic heterocycles. The largest absolute Gasteiger partial charge is 0.364 e. The first-order valence-corrected chi connectivity index (χ1v) is 7.09. The van der Waals surface area contributed by atoms with Gasteiger partial charge >= 0.3 is 0 Å². The van der Waals surface area contributed by atoms with Gasteiger partial charge in [-0.05, 0) is 53.0 Å². The van der Waals surface area contributed by atoms with E-state index in [-0.39, 0.29) is 18.1 Å². The highest BCUT2D eigenvalue weighted by atomic mass is 16.5. The summed E-state index contributed by atoms with van der Waals surface area (Å²) in [5, 5.41) is 0. The fraction of sp³-hybridized carbons (Fsp3) is 0.923. The lowest BCUT2D eigenvalue weighted by Crippen LogP contribution is -2.40. The summed E-state index contributed by atoms with van der Waals surface area (Å²) in [6.45, 7) is 6.25. The second-order valence-corrected chi connectivity index (χ2v) is 5.38. The number of hydrogen-bond acceptors (Lipinski definition) is 5. The molecule has 0 saturated carbocycles. The number of nitrogens with two attached hydrogens (primary N) is 1. The van der Waals surface area contributed by atoms with Gasteiger partial charge in [0.05, 0.1) is 6.10 Å². The molecule has 1 fully saturated rings. The van der Waals surface area contributed by atoms with Gasteiger partial charge in [-0.1, -0.05) is 6.92 Å². The first-order chi connectivity index (χ1) is 9.06. The fourth-order valence-corrected chi connectivity index (χ4v) is 2.40. The van der Waals surface area contributed by atoms with E-state index >= 15 is 0 Å². The first-order valence-electron chi connectivity index (χ1n) is 7.09. The Hall–Kier alpha value is -0.690. The number of nitrogens with one attached hydrogen (secondary N) is 1. The molecule has 0 radical (unpaired) electrons. The Labute approximate surface area is 116 Å². The van der Waals surface area contributed by atoms with Crippen molar-refractivity contribution in [2.24, 2.45) is 5.84 Å². The molecule has 1 saturated heterocycles. The second-order valence-electron chi connectivity index (χ2n) is 5.38. The molecular weight excluding hydrogens is 244 g/mol. The number of carbonyl (C=O) groups excluding carboxylic acids is 1. The Kier molecular flexibility index (Phi) is 7.30. The van der Waals surface area contributed by atoms with E-state index in [0.717, 1.165) is 45.4 Å². The number of hydrazine groups is 1. The van der Waals surface area contributed by atoms with Crippen molar-refractivity contribution in [3.05, 3.63) is 0 Å². The van der Waals surface area contributed by atoms with E-state index in [1.54, 1.807) is 0 Å². The van der Waals surface area contributed by atoms with Crippen LogP contribution in [0.25, 0.3) is 0 Å². The number of ether oxygens (including phenoxy) is 1. The molecule has 1 heterocycles. The van der Waals surface area contributed by atoms with Crippen LogP contribution in [0.4, 0.5) is 0 Å². The summed E-state index contributed by atoms with van der Waals surface area (Å²) in [6.07, 6.45) is 2.64. The van der Waals surface area contributed by atoms with Gasteiger partial charge in [0.1, 0.15) is 6.10 Å². The summed E-state index contributed by atoms with van der Waals surface area (Å²) < 4.78 is 5.73. The van der Waals surface area contributed by atoms with E-state index < -0.39 is 0 Å². The molecule has 1 rings (SSSR count). The van der Waals surface area contributed by atoms with Crippen molar-refractivity contribution in [2.75, 3.05) is 40.3 Å². The predicted octanol–water partition coefficient (Wildman–Crippen LogP) is -0.202. The molecule has 1 aliphatic heterocycles. The number of carbonyl (C=O) groups is 1. The number of rotatable bonds is 8. The van der Waals surface area contributed by atoms with Gasteiger partial charge in [-0.15, -0.1) is 0 Å². The number of nitrogens with zero attached hydrogens (tertiary/aromatic N) is 2. The van der Waals surface area contributed by atoms with Crippen LogP contribution in [-0.4, -0.2) is 68.2 Å². The monoisotopic (exact) mass is 272 g/mol. The van der Waals surface area contributed by atoms with Crippen molar-refractivity contribution in [1.82, 2.24) is 15.2 Å². The van der Waals surface area contributed by atoms with Gasteiger partial charge in [0, 0.05) is 6.54 Å². The first kappa shape index (κ1) is 16.4. The normalized spacial score (nSPS) is 23.3. The Morgan fingerprint density at radius 3 is 2.68 bits per heavy atom. The molecule has 3 N–H and O–H groups in total. The summed E-state index contributed by atoms with van der Waals surface area (Å²) in [7, 11) is 4.18. The molecule has 2 atom stereocenters. The number of likely N-dealkylation sites (N-methyl/N-ethyl adjacent to an activating group) is 1. The van der Waals surface area contributed by atoms with E-state index in [9.17, 15) is 4.79 Å². The van der Waals surface area contributed by atoms with Crippen LogP contribution in [0.15, 0.2) is 0 Å². The summed E-state index contributed by atoms with van der Waals surface area (Å²) in [6, 6.07) is 0. The minimum Gasteiger partial charge on any atom is -0.364 e. The van der Waals surface area contributed by atoms with Crippen LogP contribution in [0.1, 0.15) is 26.2 Å². The lowest BCUT2D eigenvalue weighted by atomic mass is 10.2. The summed E-state index contributed by atoms with van der Waals surface area (Å²) in [4.78, 5) is 16.0. The van der Waals surface area contributed by atoms with Gasteiger partial charge in [-0.25, -0.2) is 5.84 Å². The van der Waals surface area contributed by atoms with E-state index in [4.69, 9.17) is 10.6 Å². The molecule has 6 nitrogen and oxygen atoms in total. The average molecular weight is 272 g/mol. The molecule has 19 heavy (non-hydrogen) atoms. The van der Waals surface area contributed by atoms with Gasteiger partial charge in [-0.2, -0.15) is 0 Å². The minimum absolute atomic E-state index is 0.154. The van der Waals surface area contributed by atoms with Crippen LogP contribution in [0.5, 0.6) is 0 Å². The van der Waals surface area contributed by atoms with Crippen LogP contribution in [0.3, 0.4) is 0 Å². The van der Waals surface area contributed by atoms with Crippen molar-refractivity contribution in [1.29, 1.82) is 0 Å². The second kappa shape index (κ2) is 8.47. The van der Waals surface area contributed by atoms with E-state index in [1.165, 1.54) is 0 Å². The Balaban J connectivity index is 2.27. The molecule has 1 aliphatic rings. The lowest BCUT2D eigenvalue weighted by Gasteiger charge is -2.24. The molecule has 0 aromatic carbocycles. The lowest BCUT2D eigenvalue weighted by molar-refractivity contribution is -0.132. The van der Waals surface area contributed by atoms with Crippen LogP contribution >= 0.6 is 0 Å². The molecular formula is C13H28N4O2. The fourth-order valence-electron chi connectivity index (χ4n) is 2.40. The Morgan fingerprint density at radius 2 is 2.11 bits per heavy atom. The van der Waals surface area contributed by atoms with Gasteiger partial charge in [0.2, 0.25) is 0 Å². The van der Waals surface area contributed by atoms with Crippen molar-refractivity contribution < 1.29 is 9.53 Å². The minimum atomic E-state index is -0.365. The molecule has 2 unspecified atom stereocenters. The topological polar surface area (TPSA) is 70.8 Å². The molecule has 0 spiro atoms. The van der Waals surface area contributed by atoms with Crippen molar-refractivity contribution in [3.63, 3.8) is 0 Å². The van der Waals surface area contributed by atoms with Crippen molar-refractivity contribution in [2.45, 2.75) is 38.4 Å². The summed E-state index contributed by atoms with van der Waals surface area (Å²) in [5.41, 5.74) is 2.16. The SMILES string of the molecule is CCN(CCCN(C)C)CC1CCC(C(=O)NN)O1. The Bertz CT molecular complexity index is 273. The third kappa shape index (κ3) is 5.86. The van der Waals surface area contributed by atoms with Gasteiger partial charge < -0.3 is 14.5 Å². The maximum atomic E-state index is 11.4. The molecule has 1 amide bonds. The van der Waals surface area contributed by atoms with E-state index in [1.807, 2.05) is 0 Å². The maximum Gasteiger partial charge on any atom is 0.263 e. The standard InChI is InChI=1S/C13H28N4O2/c1-4-17(9-5-8-16(2)3)10-11-6-7-12(19-11)13(18)15-14/h11-12H,4-10,14H2,1-3H3,(H,15,18). The zero-order chi connectivity index (χ0) is 14.3. The maximum absolute atomic E-state index is 11.4. The van der Waals surface area contributed by atoms with Crippen LogP contribution in [0, 0.1) is 0 Å². The van der Waals surface area contributed by atoms with Gasteiger partial charge in [0.25, 0.3) is 5.91 Å². The van der Waals surface area contributed by atoms with E-state index in [2.05, 4.69) is 36.2 Å². The molecule has 0 aromatic rings. The van der Waals surface area contributed by atoms with Crippen LogP contribution in [0.2, 0.25) is 0 Å². The number of amides is 1. The van der Waals surface area contributed by atoms with Gasteiger partial charge in [-0.3, -0.25) is 10.2 Å². The summed E-state index contributed by atoms with van der Waals surface area (Å²) >= 11 is 0. The average Bonchev–Trinajstić information content (AvgIpc) is 2.84. The molecule has 6 heteroatoms. The van der Waals surface area contributed by atoms with Crippen molar-refractivity contribution >= 4 is 5.91 Å². The molecule has 0 bridgehead atoms. The van der Waals surface area contributed by atoms with Crippen LogP contribution in [-0.2, 0) is 9.53 Å². The predicted molar refractivity (Wildman–Crippen MR) is 75.5 cm³/mol. The molecule has 112 valence electrons. The smallest absolute Gasteiger partial charge is 0.263 e. The molecule has 0 aliphatic carbocycles. The highest BCUT2D eigenvalue weighted by molar-refractivity contribution is 5.80. The third-order valence-corrected chi connectivity index (χ3v) is 3.53. The van der Waals surface area contributed by atoms with E-state index in [0.29, 0.717) is 0 Å². The van der Waals surface area contributed by atoms with Crippen molar-refractivity contribution in [3.8, 4) is 0 Å². The zero-order valence-corrected chi connectivity index (χ0v) is 12.4. The summed E-state index contributed by atoms with van der Waals surface area (Å²) in [5.74, 6) is 4.91. The highest BCUT2D eigenvalue weighted by Crippen LogP contribution is 2.20. The van der Waals surface area contributed by atoms with Crippen LogP contribution < -0.4 is 11.3 Å². The highest BCUT2D eigenvalue weighted by Gasteiger charge is 2.30. The zero-order valence-electron chi connectivity index (χ0n) is 12.4. The third-order valence-electron chi connectivity index (χ3n) is 3.53. The Morgan fingerprint density at radius 1 is 1.37 bits per heavy atom.